The lowest BCUT2D eigenvalue weighted by molar-refractivity contribution is -0.384. The van der Waals surface area contributed by atoms with Gasteiger partial charge in [0.05, 0.1) is 11.5 Å². The highest BCUT2D eigenvalue weighted by Crippen LogP contribution is 2.34. The fraction of sp³-hybridized carbons (Fsp3) is 0.0800. The third-order valence-corrected chi connectivity index (χ3v) is 5.46. The van der Waals surface area contributed by atoms with Gasteiger partial charge in [-0.2, -0.15) is 10.3 Å². The molecule has 0 atom stereocenters. The van der Waals surface area contributed by atoms with Crippen molar-refractivity contribution in [1.29, 1.82) is 5.26 Å². The van der Waals surface area contributed by atoms with Gasteiger partial charge in [0.15, 0.2) is 11.5 Å². The minimum Gasteiger partial charge on any atom is -0.454 e. The fourth-order valence-corrected chi connectivity index (χ4v) is 3.84. The Bertz CT molecular complexity index is 1440. The number of nitrogens with zero attached hydrogens (tertiary/aromatic N) is 4. The lowest BCUT2D eigenvalue weighted by Crippen LogP contribution is -2.25. The molecule has 9 nitrogen and oxygen atoms in total. The Kier molecular flexibility index (Phi) is 5.24. The number of carbonyl (C=O) groups is 1. The molecule has 0 bridgehead atoms. The van der Waals surface area contributed by atoms with Crippen molar-refractivity contribution in [2.45, 2.75) is 6.54 Å². The summed E-state index contributed by atoms with van der Waals surface area (Å²) in [5.74, 6) is 0.735. The maximum absolute atomic E-state index is 13.1. The lowest BCUT2D eigenvalue weighted by Gasteiger charge is -2.18. The average molecular weight is 452 g/mol. The predicted molar refractivity (Wildman–Crippen MR) is 123 cm³/mol. The van der Waals surface area contributed by atoms with Gasteiger partial charge in [-0.3, -0.25) is 14.9 Å². The van der Waals surface area contributed by atoms with Gasteiger partial charge in [0.25, 0.3) is 11.6 Å². The summed E-state index contributed by atoms with van der Waals surface area (Å²) in [4.78, 5) is 29.8. The number of nitro groups is 1. The summed E-state index contributed by atoms with van der Waals surface area (Å²) in [5, 5.41) is 20.9. The second kappa shape index (κ2) is 8.52. The molecule has 0 fully saturated rings. The van der Waals surface area contributed by atoms with Crippen LogP contribution in [-0.2, 0) is 11.3 Å². The van der Waals surface area contributed by atoms with E-state index >= 15 is 0 Å². The van der Waals surface area contributed by atoms with E-state index in [2.05, 4.69) is 4.99 Å². The van der Waals surface area contributed by atoms with E-state index in [0.717, 1.165) is 11.1 Å². The summed E-state index contributed by atoms with van der Waals surface area (Å²) in [6, 6.07) is 20.6. The van der Waals surface area contributed by atoms with Crippen LogP contribution in [0.15, 0.2) is 77.3 Å². The van der Waals surface area contributed by atoms with Gasteiger partial charge in [-0.15, -0.1) is 0 Å². The van der Waals surface area contributed by atoms with Crippen LogP contribution in [0.3, 0.4) is 0 Å². The Morgan fingerprint density at radius 3 is 2.74 bits per heavy atom. The van der Waals surface area contributed by atoms with Gasteiger partial charge < -0.3 is 14.4 Å². The number of nitro benzene ring substituents is 1. The molecule has 0 saturated heterocycles. The number of hydrogen-bond acceptors (Lipinski definition) is 6. The van der Waals surface area contributed by atoms with Crippen LogP contribution in [0.25, 0.3) is 6.08 Å². The summed E-state index contributed by atoms with van der Waals surface area (Å²) in [6.45, 7) is 0.504. The largest absolute Gasteiger partial charge is 0.454 e. The number of nitriles is 1. The van der Waals surface area contributed by atoms with Gasteiger partial charge >= 0.3 is 0 Å². The topological polar surface area (TPSA) is 118 Å². The van der Waals surface area contributed by atoms with Crippen molar-refractivity contribution >= 4 is 29.2 Å². The number of amides is 1. The lowest BCUT2D eigenvalue weighted by atomic mass is 10.1. The number of carbonyl (C=O) groups excluding carboxylic acids is 1. The van der Waals surface area contributed by atoms with Crippen molar-refractivity contribution in [1.82, 2.24) is 0 Å². The Morgan fingerprint density at radius 2 is 1.91 bits per heavy atom. The Balaban J connectivity index is 1.53. The van der Waals surface area contributed by atoms with E-state index in [1.54, 1.807) is 35.2 Å². The average Bonchev–Trinajstić information content (AvgIpc) is 3.47. The third-order valence-electron chi connectivity index (χ3n) is 5.46. The van der Waals surface area contributed by atoms with Crippen LogP contribution < -0.4 is 14.4 Å². The van der Waals surface area contributed by atoms with Crippen LogP contribution in [0, 0.1) is 21.4 Å². The predicted octanol–water partition coefficient (Wildman–Crippen LogP) is 4.22. The molecular formula is C25H16N4O5. The van der Waals surface area contributed by atoms with E-state index in [4.69, 9.17) is 9.47 Å². The van der Waals surface area contributed by atoms with E-state index in [9.17, 15) is 20.2 Å². The zero-order valence-electron chi connectivity index (χ0n) is 17.7. The number of fused-ring (bicyclic) bond motifs is 2. The molecule has 5 rings (SSSR count). The zero-order chi connectivity index (χ0) is 23.7. The van der Waals surface area contributed by atoms with E-state index < -0.39 is 10.8 Å². The van der Waals surface area contributed by atoms with Crippen LogP contribution >= 0.6 is 0 Å². The molecule has 2 aliphatic rings. The van der Waals surface area contributed by atoms with E-state index in [1.807, 2.05) is 30.3 Å². The molecule has 2 heterocycles. The third kappa shape index (κ3) is 3.84. The van der Waals surface area contributed by atoms with E-state index in [1.165, 1.54) is 18.2 Å². The summed E-state index contributed by atoms with van der Waals surface area (Å²) in [6.07, 6.45) is 1.44. The molecule has 0 unspecified atom stereocenters. The van der Waals surface area contributed by atoms with Crippen LogP contribution in [0.5, 0.6) is 11.5 Å². The summed E-state index contributed by atoms with van der Waals surface area (Å²) in [7, 11) is 0. The molecule has 0 aromatic heterocycles. The highest BCUT2D eigenvalue weighted by molar-refractivity contribution is 6.20. The summed E-state index contributed by atoms with van der Waals surface area (Å²) >= 11 is 0. The van der Waals surface area contributed by atoms with E-state index in [-0.39, 0.29) is 18.1 Å². The van der Waals surface area contributed by atoms with Crippen molar-refractivity contribution in [3.8, 4) is 17.6 Å². The molecule has 9 heteroatoms. The van der Waals surface area contributed by atoms with Gasteiger partial charge in [0, 0.05) is 23.4 Å². The molecule has 0 spiro atoms. The first-order valence-corrected chi connectivity index (χ1v) is 10.3. The molecule has 0 N–H and O–H groups in total. The molecular weight excluding hydrogens is 436 g/mol. The quantitative estimate of drug-likeness (QED) is 0.252. The maximum Gasteiger partial charge on any atom is 0.289 e. The Hall–Kier alpha value is -4.97. The fourth-order valence-electron chi connectivity index (χ4n) is 3.84. The van der Waals surface area contributed by atoms with Crippen LogP contribution in [0.2, 0.25) is 0 Å². The first kappa shape index (κ1) is 20.9. The van der Waals surface area contributed by atoms with Crippen molar-refractivity contribution < 1.29 is 19.2 Å². The van der Waals surface area contributed by atoms with E-state index in [0.29, 0.717) is 35.1 Å². The number of amidine groups is 1. The van der Waals surface area contributed by atoms with Crippen molar-refractivity contribution in [2.75, 3.05) is 11.7 Å². The second-order valence-electron chi connectivity index (χ2n) is 7.54. The van der Waals surface area contributed by atoms with Crippen molar-refractivity contribution in [3.63, 3.8) is 0 Å². The van der Waals surface area contributed by atoms with Crippen LogP contribution in [0.1, 0.15) is 16.7 Å². The van der Waals surface area contributed by atoms with Gasteiger partial charge in [0.2, 0.25) is 6.79 Å². The Labute approximate surface area is 193 Å². The SMILES string of the molecule is N#CC(=Cc1ccc2c(c1)OCO2)C(=O)N=C1c2ccccc2CN1c1cccc([N+](=O)[O-])c1. The number of anilines is 1. The maximum atomic E-state index is 13.1. The molecule has 0 aliphatic carbocycles. The first-order chi connectivity index (χ1) is 16.5. The zero-order valence-corrected chi connectivity index (χ0v) is 17.7. The molecule has 2 aliphatic heterocycles. The van der Waals surface area contributed by atoms with Crippen molar-refractivity contribution in [2.24, 2.45) is 4.99 Å². The minimum absolute atomic E-state index is 0.0699. The van der Waals surface area contributed by atoms with Gasteiger partial charge in [0.1, 0.15) is 17.5 Å². The highest BCUT2D eigenvalue weighted by atomic mass is 16.7. The number of hydrogen-bond donors (Lipinski definition) is 0. The number of benzene rings is 3. The number of non-ortho nitro benzene ring substituents is 1. The molecule has 0 radical (unpaired) electrons. The standard InChI is InChI=1S/C25H16N4O5/c26-13-18(10-16-8-9-22-23(11-16)34-15-33-22)25(30)27-24-21-7-2-1-4-17(21)14-28(24)19-5-3-6-20(12-19)29(31)32/h1-12H,14-15H2. The Morgan fingerprint density at radius 1 is 1.09 bits per heavy atom. The monoisotopic (exact) mass is 452 g/mol. The second-order valence-corrected chi connectivity index (χ2v) is 7.54. The first-order valence-electron chi connectivity index (χ1n) is 10.3. The number of aliphatic imine (C=N–C) groups is 1. The van der Waals surface area contributed by atoms with Gasteiger partial charge in [-0.1, -0.05) is 36.4 Å². The normalized spacial score (nSPS) is 15.2. The molecule has 3 aromatic carbocycles. The molecule has 1 amide bonds. The smallest absolute Gasteiger partial charge is 0.289 e. The highest BCUT2D eigenvalue weighted by Gasteiger charge is 2.28. The molecule has 166 valence electrons. The minimum atomic E-state index is -0.720. The summed E-state index contributed by atoms with van der Waals surface area (Å²) in [5.41, 5.74) is 2.53. The number of ether oxygens (including phenoxy) is 2. The molecule has 0 saturated carbocycles. The number of rotatable bonds is 4. The van der Waals surface area contributed by atoms with Crippen LogP contribution in [-0.4, -0.2) is 23.5 Å². The summed E-state index contributed by atoms with van der Waals surface area (Å²) < 4.78 is 10.6. The van der Waals surface area contributed by atoms with Crippen LogP contribution in [0.4, 0.5) is 11.4 Å². The molecule has 34 heavy (non-hydrogen) atoms. The van der Waals surface area contributed by atoms with Crippen molar-refractivity contribution in [3.05, 3.63) is 99.1 Å². The van der Waals surface area contributed by atoms with Gasteiger partial charge in [-0.05, 0) is 35.4 Å². The molecule has 3 aromatic rings. The van der Waals surface area contributed by atoms with Gasteiger partial charge in [-0.25, -0.2) is 0 Å².